The lowest BCUT2D eigenvalue weighted by atomic mass is 10.1. The van der Waals surface area contributed by atoms with Gasteiger partial charge in [0.1, 0.15) is 0 Å². The molecular formula is C22H19ClN4OS2. The number of para-hydroxylation sites is 1. The highest BCUT2D eigenvalue weighted by Gasteiger charge is 2.16. The van der Waals surface area contributed by atoms with Crippen LogP contribution in [0, 0.1) is 0 Å². The van der Waals surface area contributed by atoms with Crippen LogP contribution in [0.3, 0.4) is 0 Å². The first-order valence-electron chi connectivity index (χ1n) is 9.39. The van der Waals surface area contributed by atoms with Gasteiger partial charge in [-0.05, 0) is 35.6 Å². The van der Waals surface area contributed by atoms with Crippen molar-refractivity contribution in [2.45, 2.75) is 18.1 Å². The van der Waals surface area contributed by atoms with Crippen LogP contribution in [-0.2, 0) is 17.8 Å². The highest BCUT2D eigenvalue weighted by atomic mass is 35.5. The molecule has 0 bridgehead atoms. The van der Waals surface area contributed by atoms with Crippen molar-refractivity contribution >= 4 is 46.3 Å². The number of benzene rings is 2. The molecule has 1 amide bonds. The maximum absolute atomic E-state index is 12.4. The molecule has 2 aromatic heterocycles. The normalized spacial score (nSPS) is 10.8. The average molecular weight is 455 g/mol. The maximum atomic E-state index is 12.4. The van der Waals surface area contributed by atoms with Gasteiger partial charge in [0.2, 0.25) is 5.91 Å². The number of hydrogen-bond acceptors (Lipinski definition) is 5. The first-order chi connectivity index (χ1) is 14.7. The van der Waals surface area contributed by atoms with Crippen LogP contribution in [0.5, 0.6) is 0 Å². The Bertz CT molecular complexity index is 1110. The van der Waals surface area contributed by atoms with Crippen molar-refractivity contribution in [3.8, 4) is 10.7 Å². The van der Waals surface area contributed by atoms with Crippen LogP contribution in [0.4, 0.5) is 5.69 Å². The Morgan fingerprint density at radius 1 is 1.03 bits per heavy atom. The molecule has 2 aromatic carbocycles. The van der Waals surface area contributed by atoms with Gasteiger partial charge in [-0.3, -0.25) is 4.79 Å². The van der Waals surface area contributed by atoms with Gasteiger partial charge < -0.3 is 9.88 Å². The molecule has 1 N–H and O–H groups in total. The third-order valence-electron chi connectivity index (χ3n) is 4.41. The van der Waals surface area contributed by atoms with Crippen LogP contribution < -0.4 is 5.32 Å². The van der Waals surface area contributed by atoms with E-state index in [2.05, 4.69) is 32.2 Å². The molecule has 152 valence electrons. The number of nitrogens with zero attached hydrogens (tertiary/aromatic N) is 3. The second-order valence-electron chi connectivity index (χ2n) is 6.49. The van der Waals surface area contributed by atoms with Crippen LogP contribution >= 0.6 is 34.7 Å². The molecule has 0 aliphatic heterocycles. The number of thiophene rings is 1. The van der Waals surface area contributed by atoms with E-state index in [4.69, 9.17) is 11.6 Å². The second-order valence-corrected chi connectivity index (χ2v) is 8.78. The maximum Gasteiger partial charge on any atom is 0.234 e. The average Bonchev–Trinajstić information content (AvgIpc) is 3.43. The van der Waals surface area contributed by atoms with E-state index in [1.54, 1.807) is 23.5 Å². The number of aromatic nitrogens is 3. The van der Waals surface area contributed by atoms with Gasteiger partial charge in [-0.15, -0.1) is 21.5 Å². The SMILES string of the molecule is O=C(CSc1nnc(-c2cccs2)n1CCc1ccccc1)Nc1ccccc1Cl. The van der Waals surface area contributed by atoms with E-state index in [1.807, 2.05) is 47.8 Å². The molecule has 0 unspecified atom stereocenters. The summed E-state index contributed by atoms with van der Waals surface area (Å²) in [4.78, 5) is 13.5. The number of amides is 1. The molecule has 4 rings (SSSR count). The summed E-state index contributed by atoms with van der Waals surface area (Å²) in [6, 6.07) is 21.5. The van der Waals surface area contributed by atoms with Gasteiger partial charge in [0.05, 0.1) is 21.3 Å². The Hall–Kier alpha value is -2.61. The Morgan fingerprint density at radius 3 is 2.60 bits per heavy atom. The second kappa shape index (κ2) is 9.93. The molecule has 0 aliphatic rings. The molecule has 5 nitrogen and oxygen atoms in total. The molecule has 2 heterocycles. The van der Waals surface area contributed by atoms with E-state index >= 15 is 0 Å². The summed E-state index contributed by atoms with van der Waals surface area (Å²) >= 11 is 9.12. The number of anilines is 1. The monoisotopic (exact) mass is 454 g/mol. The van der Waals surface area contributed by atoms with E-state index in [0.29, 0.717) is 10.7 Å². The number of nitrogens with one attached hydrogen (secondary N) is 1. The van der Waals surface area contributed by atoms with E-state index in [0.717, 1.165) is 28.8 Å². The minimum atomic E-state index is -0.136. The van der Waals surface area contributed by atoms with Gasteiger partial charge in [0.15, 0.2) is 11.0 Å². The minimum absolute atomic E-state index is 0.136. The first-order valence-corrected chi connectivity index (χ1v) is 11.6. The summed E-state index contributed by atoms with van der Waals surface area (Å²) in [5.74, 6) is 0.914. The lowest BCUT2D eigenvalue weighted by molar-refractivity contribution is -0.113. The van der Waals surface area contributed by atoms with Crippen LogP contribution in [0.1, 0.15) is 5.56 Å². The summed E-state index contributed by atoms with van der Waals surface area (Å²) in [7, 11) is 0. The molecule has 0 saturated heterocycles. The summed E-state index contributed by atoms with van der Waals surface area (Å²) < 4.78 is 2.09. The number of rotatable bonds is 8. The zero-order valence-electron chi connectivity index (χ0n) is 16.0. The molecule has 0 fully saturated rings. The van der Waals surface area contributed by atoms with Crippen LogP contribution in [0.2, 0.25) is 5.02 Å². The molecular weight excluding hydrogens is 436 g/mol. The number of aryl methyl sites for hydroxylation is 1. The van der Waals surface area contributed by atoms with Crippen LogP contribution in [0.25, 0.3) is 10.7 Å². The Kier molecular flexibility index (Phi) is 6.84. The van der Waals surface area contributed by atoms with Gasteiger partial charge >= 0.3 is 0 Å². The molecule has 0 spiro atoms. The lowest BCUT2D eigenvalue weighted by Crippen LogP contribution is -2.15. The molecule has 8 heteroatoms. The molecule has 0 saturated carbocycles. The summed E-state index contributed by atoms with van der Waals surface area (Å²) in [6.45, 7) is 0.735. The number of carbonyl (C=O) groups is 1. The van der Waals surface area contributed by atoms with Crippen LogP contribution in [-0.4, -0.2) is 26.4 Å². The molecule has 0 atom stereocenters. The fourth-order valence-electron chi connectivity index (χ4n) is 2.95. The van der Waals surface area contributed by atoms with Crippen LogP contribution in [0.15, 0.2) is 77.3 Å². The van der Waals surface area contributed by atoms with Gasteiger partial charge in [-0.1, -0.05) is 71.9 Å². The van der Waals surface area contributed by atoms with Crippen molar-refractivity contribution in [2.24, 2.45) is 0 Å². The van der Waals surface area contributed by atoms with Gasteiger partial charge in [-0.25, -0.2) is 0 Å². The third kappa shape index (κ3) is 5.11. The smallest absolute Gasteiger partial charge is 0.234 e. The first kappa shape index (κ1) is 20.7. The quantitative estimate of drug-likeness (QED) is 0.350. The molecule has 30 heavy (non-hydrogen) atoms. The summed E-state index contributed by atoms with van der Waals surface area (Å²) in [5.41, 5.74) is 1.85. The van der Waals surface area contributed by atoms with Crippen molar-refractivity contribution < 1.29 is 4.79 Å². The number of hydrogen-bond donors (Lipinski definition) is 1. The van der Waals surface area contributed by atoms with Crippen molar-refractivity contribution in [3.05, 3.63) is 82.7 Å². The Morgan fingerprint density at radius 2 is 1.83 bits per heavy atom. The summed E-state index contributed by atoms with van der Waals surface area (Å²) in [6.07, 6.45) is 0.858. The van der Waals surface area contributed by atoms with E-state index in [1.165, 1.54) is 17.3 Å². The highest BCUT2D eigenvalue weighted by molar-refractivity contribution is 7.99. The number of thioether (sulfide) groups is 1. The Balaban J connectivity index is 1.48. The van der Waals surface area contributed by atoms with Crippen molar-refractivity contribution in [3.63, 3.8) is 0 Å². The largest absolute Gasteiger partial charge is 0.324 e. The predicted molar refractivity (Wildman–Crippen MR) is 124 cm³/mol. The predicted octanol–water partition coefficient (Wildman–Crippen LogP) is 5.63. The molecule has 4 aromatic rings. The van der Waals surface area contributed by atoms with Gasteiger partial charge in [0.25, 0.3) is 0 Å². The number of halogens is 1. The zero-order chi connectivity index (χ0) is 20.8. The van der Waals surface area contributed by atoms with Gasteiger partial charge in [0, 0.05) is 6.54 Å². The van der Waals surface area contributed by atoms with E-state index in [-0.39, 0.29) is 11.7 Å². The standard InChI is InChI=1S/C22H19ClN4OS2/c23-17-9-4-5-10-18(17)24-20(28)15-30-22-26-25-21(19-11-6-14-29-19)27(22)13-12-16-7-2-1-3-8-16/h1-11,14H,12-13,15H2,(H,24,28). The third-order valence-corrected chi connectivity index (χ3v) is 6.57. The number of carbonyl (C=O) groups excluding carboxylic acids is 1. The lowest BCUT2D eigenvalue weighted by Gasteiger charge is -2.10. The van der Waals surface area contributed by atoms with E-state index in [9.17, 15) is 4.79 Å². The molecule has 0 radical (unpaired) electrons. The fourth-order valence-corrected chi connectivity index (χ4v) is 4.61. The molecule has 0 aliphatic carbocycles. The Labute approximate surface area is 188 Å². The van der Waals surface area contributed by atoms with Crippen molar-refractivity contribution in [1.82, 2.24) is 14.8 Å². The van der Waals surface area contributed by atoms with Crippen molar-refractivity contribution in [2.75, 3.05) is 11.1 Å². The fraction of sp³-hybridized carbons (Fsp3) is 0.136. The minimum Gasteiger partial charge on any atom is -0.324 e. The van der Waals surface area contributed by atoms with E-state index < -0.39 is 0 Å². The topological polar surface area (TPSA) is 59.8 Å². The highest BCUT2D eigenvalue weighted by Crippen LogP contribution is 2.28. The zero-order valence-corrected chi connectivity index (χ0v) is 18.4. The summed E-state index contributed by atoms with van der Waals surface area (Å²) in [5, 5.41) is 14.9. The van der Waals surface area contributed by atoms with Crippen molar-refractivity contribution in [1.29, 1.82) is 0 Å². The van der Waals surface area contributed by atoms with Gasteiger partial charge in [-0.2, -0.15) is 0 Å².